The Morgan fingerprint density at radius 3 is 2.77 bits per heavy atom. The fraction of sp³-hybridized carbons (Fsp3) is 0.632. The van der Waals surface area contributed by atoms with Crippen molar-refractivity contribution in [2.75, 3.05) is 19.6 Å². The van der Waals surface area contributed by atoms with Gasteiger partial charge in [-0.1, -0.05) is 48.3 Å². The van der Waals surface area contributed by atoms with Crippen molar-refractivity contribution in [1.82, 2.24) is 4.90 Å². The molecule has 1 saturated carbocycles. The molecule has 0 N–H and O–H groups in total. The molecular weight excluding hydrogens is 272 g/mol. The van der Waals surface area contributed by atoms with Crippen molar-refractivity contribution in [2.45, 2.75) is 50.5 Å². The van der Waals surface area contributed by atoms with Crippen LogP contribution < -0.4 is 0 Å². The number of likely N-dealkylation sites (tertiary alicyclic amines) is 1. The maximum atomic E-state index is 5.99. The van der Waals surface area contributed by atoms with Gasteiger partial charge in [-0.2, -0.15) is 0 Å². The van der Waals surface area contributed by atoms with Crippen LogP contribution in [0.5, 0.6) is 0 Å². The summed E-state index contributed by atoms with van der Waals surface area (Å²) in [6.07, 6.45) is 9.07. The summed E-state index contributed by atoms with van der Waals surface area (Å²) in [4.78, 5) is 8.63. The second-order valence-electron chi connectivity index (χ2n) is 7.34. The summed E-state index contributed by atoms with van der Waals surface area (Å²) < 4.78 is 0. The largest absolute Gasteiger partial charge is 0.387 e. The smallest absolute Gasteiger partial charge is 0.156 e. The number of hydrogen-bond donors (Lipinski definition) is 0. The number of nitrogens with zero attached hydrogens (tertiary/aromatic N) is 2. The molecule has 2 aliphatic heterocycles. The predicted octanol–water partition coefficient (Wildman–Crippen LogP) is 3.84. The van der Waals surface area contributed by atoms with Gasteiger partial charge in [-0.05, 0) is 43.7 Å². The lowest BCUT2D eigenvalue weighted by Crippen LogP contribution is -2.49. The molecule has 2 fully saturated rings. The molecule has 0 bridgehead atoms. The molecule has 1 aromatic carbocycles. The molecule has 0 amide bonds. The molecule has 4 rings (SSSR count). The van der Waals surface area contributed by atoms with Crippen molar-refractivity contribution >= 4 is 5.71 Å². The van der Waals surface area contributed by atoms with E-state index in [4.69, 9.17) is 4.84 Å². The summed E-state index contributed by atoms with van der Waals surface area (Å²) in [6, 6.07) is 10.5. The van der Waals surface area contributed by atoms with Crippen LogP contribution in [0, 0.1) is 5.92 Å². The van der Waals surface area contributed by atoms with Gasteiger partial charge in [-0.25, -0.2) is 0 Å². The number of benzene rings is 1. The van der Waals surface area contributed by atoms with E-state index in [1.165, 1.54) is 50.8 Å². The molecule has 3 aliphatic rings. The van der Waals surface area contributed by atoms with Crippen LogP contribution in [0.4, 0.5) is 0 Å². The Labute approximate surface area is 133 Å². The van der Waals surface area contributed by atoms with Gasteiger partial charge in [0.05, 0.1) is 5.71 Å². The third kappa shape index (κ3) is 2.91. The number of oxime groups is 1. The van der Waals surface area contributed by atoms with Gasteiger partial charge in [0.25, 0.3) is 0 Å². The summed E-state index contributed by atoms with van der Waals surface area (Å²) in [6.45, 7) is 3.57. The second-order valence-corrected chi connectivity index (χ2v) is 7.34. The van der Waals surface area contributed by atoms with E-state index >= 15 is 0 Å². The SMILES string of the molecule is c1ccc(C2=NOC3(CCCN(CC4CCCC4)C3)C2)cc1. The molecule has 1 unspecified atom stereocenters. The Hall–Kier alpha value is -1.35. The highest BCUT2D eigenvalue weighted by Gasteiger charge is 2.43. The Kier molecular flexibility index (Phi) is 3.91. The Bertz CT molecular complexity index is 536. The highest BCUT2D eigenvalue weighted by atomic mass is 16.7. The lowest BCUT2D eigenvalue weighted by atomic mass is 9.86. The van der Waals surface area contributed by atoms with E-state index in [9.17, 15) is 0 Å². The van der Waals surface area contributed by atoms with Gasteiger partial charge in [0.1, 0.15) is 0 Å². The van der Waals surface area contributed by atoms with Crippen LogP contribution in [0.1, 0.15) is 50.5 Å². The first-order chi connectivity index (χ1) is 10.8. The van der Waals surface area contributed by atoms with E-state index < -0.39 is 0 Å². The predicted molar refractivity (Wildman–Crippen MR) is 89.0 cm³/mol. The lowest BCUT2D eigenvalue weighted by Gasteiger charge is -2.39. The maximum absolute atomic E-state index is 5.99. The first-order valence-corrected chi connectivity index (χ1v) is 8.86. The van der Waals surface area contributed by atoms with Gasteiger partial charge in [0.15, 0.2) is 5.60 Å². The van der Waals surface area contributed by atoms with Gasteiger partial charge in [-0.3, -0.25) is 4.90 Å². The molecule has 1 spiro atoms. The number of piperidine rings is 1. The van der Waals surface area contributed by atoms with E-state index in [2.05, 4.69) is 40.4 Å². The van der Waals surface area contributed by atoms with Crippen LogP contribution >= 0.6 is 0 Å². The molecule has 1 atom stereocenters. The zero-order valence-corrected chi connectivity index (χ0v) is 13.3. The summed E-state index contributed by atoms with van der Waals surface area (Å²) in [5.74, 6) is 0.922. The molecule has 3 heteroatoms. The Morgan fingerprint density at radius 2 is 1.95 bits per heavy atom. The topological polar surface area (TPSA) is 24.8 Å². The van der Waals surface area contributed by atoms with Gasteiger partial charge in [0.2, 0.25) is 0 Å². The van der Waals surface area contributed by atoms with Crippen molar-refractivity contribution < 1.29 is 4.84 Å². The highest BCUT2D eigenvalue weighted by molar-refractivity contribution is 6.01. The fourth-order valence-corrected chi connectivity index (χ4v) is 4.43. The minimum Gasteiger partial charge on any atom is -0.387 e. The quantitative estimate of drug-likeness (QED) is 0.847. The molecule has 118 valence electrons. The van der Waals surface area contributed by atoms with Crippen molar-refractivity contribution in [3.63, 3.8) is 0 Å². The Balaban J connectivity index is 1.40. The minimum atomic E-state index is -0.0535. The van der Waals surface area contributed by atoms with Crippen molar-refractivity contribution in [3.8, 4) is 0 Å². The molecule has 0 radical (unpaired) electrons. The van der Waals surface area contributed by atoms with Gasteiger partial charge < -0.3 is 4.84 Å². The zero-order valence-electron chi connectivity index (χ0n) is 13.3. The van der Waals surface area contributed by atoms with Crippen LogP contribution in [-0.2, 0) is 4.84 Å². The van der Waals surface area contributed by atoms with Gasteiger partial charge >= 0.3 is 0 Å². The highest BCUT2D eigenvalue weighted by Crippen LogP contribution is 2.36. The van der Waals surface area contributed by atoms with E-state index in [1.54, 1.807) is 0 Å². The van der Waals surface area contributed by atoms with Gasteiger partial charge in [0, 0.05) is 19.5 Å². The first-order valence-electron chi connectivity index (χ1n) is 8.86. The van der Waals surface area contributed by atoms with Crippen LogP contribution in [-0.4, -0.2) is 35.8 Å². The molecule has 3 nitrogen and oxygen atoms in total. The molecule has 1 aliphatic carbocycles. The third-order valence-electron chi connectivity index (χ3n) is 5.56. The second kappa shape index (κ2) is 6.04. The standard InChI is InChI=1S/C19H26N2O/c1-2-9-17(10-3-1)18-13-19(22-20-18)11-6-12-21(15-19)14-16-7-4-5-8-16/h1-3,9-10,16H,4-8,11-15H2. The van der Waals surface area contributed by atoms with Crippen molar-refractivity contribution in [3.05, 3.63) is 35.9 Å². The molecule has 0 aromatic heterocycles. The monoisotopic (exact) mass is 298 g/mol. The van der Waals surface area contributed by atoms with Crippen molar-refractivity contribution in [1.29, 1.82) is 0 Å². The summed E-state index contributed by atoms with van der Waals surface area (Å²) in [5, 5.41) is 4.44. The average molecular weight is 298 g/mol. The normalized spacial score (nSPS) is 29.7. The fourth-order valence-electron chi connectivity index (χ4n) is 4.43. The molecule has 1 aromatic rings. The van der Waals surface area contributed by atoms with E-state index in [0.29, 0.717) is 0 Å². The van der Waals surface area contributed by atoms with Crippen LogP contribution in [0.2, 0.25) is 0 Å². The summed E-state index contributed by atoms with van der Waals surface area (Å²) >= 11 is 0. The minimum absolute atomic E-state index is 0.0535. The summed E-state index contributed by atoms with van der Waals surface area (Å²) in [5.41, 5.74) is 2.29. The third-order valence-corrected chi connectivity index (χ3v) is 5.56. The lowest BCUT2D eigenvalue weighted by molar-refractivity contribution is -0.0709. The first kappa shape index (κ1) is 14.3. The zero-order chi connectivity index (χ0) is 14.8. The molecule has 1 saturated heterocycles. The van der Waals surface area contributed by atoms with E-state index in [-0.39, 0.29) is 5.60 Å². The Morgan fingerprint density at radius 1 is 1.14 bits per heavy atom. The molecular formula is C19H26N2O. The average Bonchev–Trinajstić information content (AvgIpc) is 3.19. The molecule has 22 heavy (non-hydrogen) atoms. The van der Waals surface area contributed by atoms with E-state index in [0.717, 1.165) is 31.0 Å². The van der Waals surface area contributed by atoms with E-state index in [1.807, 2.05) is 0 Å². The molecule has 2 heterocycles. The van der Waals surface area contributed by atoms with Gasteiger partial charge in [-0.15, -0.1) is 0 Å². The number of hydrogen-bond acceptors (Lipinski definition) is 3. The number of rotatable bonds is 3. The van der Waals surface area contributed by atoms with Crippen LogP contribution in [0.3, 0.4) is 0 Å². The van der Waals surface area contributed by atoms with Crippen LogP contribution in [0.25, 0.3) is 0 Å². The maximum Gasteiger partial charge on any atom is 0.156 e. The summed E-state index contributed by atoms with van der Waals surface area (Å²) in [7, 11) is 0. The van der Waals surface area contributed by atoms with Crippen molar-refractivity contribution in [2.24, 2.45) is 11.1 Å². The van der Waals surface area contributed by atoms with Crippen LogP contribution in [0.15, 0.2) is 35.5 Å².